The molecule has 1 aromatic heterocycles. The van der Waals surface area contributed by atoms with Gasteiger partial charge in [0.2, 0.25) is 5.89 Å². The van der Waals surface area contributed by atoms with Gasteiger partial charge in [-0.05, 0) is 26.2 Å². The van der Waals surface area contributed by atoms with E-state index in [2.05, 4.69) is 41.1 Å². The van der Waals surface area contributed by atoms with Crippen molar-refractivity contribution >= 4 is 5.96 Å². The van der Waals surface area contributed by atoms with Crippen molar-refractivity contribution < 1.29 is 9.26 Å². The van der Waals surface area contributed by atoms with Gasteiger partial charge >= 0.3 is 0 Å². The standard InChI is InChI=1S/C18H31N5O2/c1-4-19-17(23-10-7-18(12-23)8-11-24-13-18)20-9-5-6-15-21-16(14(2)3)22-25-15/h14H,4-13H2,1-3H3,(H,19,20). The number of nitrogens with zero attached hydrogens (tertiary/aromatic N) is 4. The van der Waals surface area contributed by atoms with Crippen LogP contribution in [0.4, 0.5) is 0 Å². The monoisotopic (exact) mass is 349 g/mol. The van der Waals surface area contributed by atoms with Gasteiger partial charge in [-0.3, -0.25) is 4.99 Å². The minimum atomic E-state index is 0.304. The van der Waals surface area contributed by atoms with E-state index in [4.69, 9.17) is 14.3 Å². The molecule has 0 aromatic carbocycles. The van der Waals surface area contributed by atoms with Crippen LogP contribution >= 0.6 is 0 Å². The number of ether oxygens (including phenoxy) is 1. The summed E-state index contributed by atoms with van der Waals surface area (Å²) >= 11 is 0. The van der Waals surface area contributed by atoms with E-state index in [0.29, 0.717) is 17.2 Å². The molecule has 1 unspecified atom stereocenters. The first-order valence-electron chi connectivity index (χ1n) is 9.55. The number of hydrogen-bond donors (Lipinski definition) is 1. The van der Waals surface area contributed by atoms with Crippen LogP contribution in [0, 0.1) is 5.41 Å². The van der Waals surface area contributed by atoms with Crippen LogP contribution in [-0.4, -0.2) is 60.4 Å². The molecule has 2 saturated heterocycles. The predicted octanol–water partition coefficient (Wildman–Crippen LogP) is 2.20. The summed E-state index contributed by atoms with van der Waals surface area (Å²) in [5.41, 5.74) is 0.354. The molecule has 0 saturated carbocycles. The van der Waals surface area contributed by atoms with Crippen LogP contribution in [-0.2, 0) is 11.2 Å². The highest BCUT2D eigenvalue weighted by Crippen LogP contribution is 2.38. The molecule has 0 bridgehead atoms. The summed E-state index contributed by atoms with van der Waals surface area (Å²) < 4.78 is 10.9. The van der Waals surface area contributed by atoms with Crippen molar-refractivity contribution in [1.29, 1.82) is 0 Å². The molecule has 1 atom stereocenters. The Morgan fingerprint density at radius 1 is 1.40 bits per heavy atom. The molecule has 0 aliphatic carbocycles. The number of aliphatic imine (C=N–C) groups is 1. The van der Waals surface area contributed by atoms with Crippen molar-refractivity contribution in [3.63, 3.8) is 0 Å². The van der Waals surface area contributed by atoms with Crippen LogP contribution < -0.4 is 5.32 Å². The number of rotatable bonds is 6. The lowest BCUT2D eigenvalue weighted by Gasteiger charge is -2.24. The van der Waals surface area contributed by atoms with Crippen molar-refractivity contribution in [3.8, 4) is 0 Å². The zero-order valence-corrected chi connectivity index (χ0v) is 15.8. The van der Waals surface area contributed by atoms with E-state index < -0.39 is 0 Å². The topological polar surface area (TPSA) is 75.8 Å². The van der Waals surface area contributed by atoms with Crippen molar-refractivity contribution in [2.24, 2.45) is 10.4 Å². The maximum Gasteiger partial charge on any atom is 0.226 e. The Hall–Kier alpha value is -1.63. The van der Waals surface area contributed by atoms with Gasteiger partial charge in [0.1, 0.15) is 0 Å². The first kappa shape index (κ1) is 18.2. The number of aryl methyl sites for hydroxylation is 1. The summed E-state index contributed by atoms with van der Waals surface area (Å²) in [6.07, 6.45) is 4.08. The fourth-order valence-electron chi connectivity index (χ4n) is 3.53. The van der Waals surface area contributed by atoms with E-state index >= 15 is 0 Å². The lowest BCUT2D eigenvalue weighted by Crippen LogP contribution is -2.41. The summed E-state index contributed by atoms with van der Waals surface area (Å²) in [6, 6.07) is 0. The number of guanidine groups is 1. The highest BCUT2D eigenvalue weighted by atomic mass is 16.5. The first-order valence-corrected chi connectivity index (χ1v) is 9.55. The molecular formula is C18H31N5O2. The van der Waals surface area contributed by atoms with Gasteiger partial charge < -0.3 is 19.5 Å². The van der Waals surface area contributed by atoms with E-state index in [1.165, 1.54) is 12.8 Å². The quantitative estimate of drug-likeness (QED) is 0.482. The lowest BCUT2D eigenvalue weighted by molar-refractivity contribution is 0.156. The van der Waals surface area contributed by atoms with Gasteiger partial charge in [-0.1, -0.05) is 19.0 Å². The SMILES string of the molecule is CCNC(=NCCCc1nc(C(C)C)no1)N1CCC2(CCOC2)C1. The minimum absolute atomic E-state index is 0.304. The maximum absolute atomic E-state index is 5.63. The third kappa shape index (κ3) is 4.51. The van der Waals surface area contributed by atoms with E-state index in [0.717, 1.165) is 64.0 Å². The number of nitrogens with one attached hydrogen (secondary N) is 1. The van der Waals surface area contributed by atoms with Gasteiger partial charge in [0.05, 0.1) is 6.61 Å². The van der Waals surface area contributed by atoms with Gasteiger partial charge in [-0.2, -0.15) is 4.98 Å². The van der Waals surface area contributed by atoms with Crippen LogP contribution in [0.5, 0.6) is 0 Å². The third-order valence-corrected chi connectivity index (χ3v) is 5.07. The van der Waals surface area contributed by atoms with Crippen molar-refractivity contribution in [2.75, 3.05) is 39.4 Å². The summed E-state index contributed by atoms with van der Waals surface area (Å²) in [5, 5.41) is 7.44. The van der Waals surface area contributed by atoms with Gasteiger partial charge in [0.25, 0.3) is 0 Å². The molecule has 1 aromatic rings. The smallest absolute Gasteiger partial charge is 0.226 e. The van der Waals surface area contributed by atoms with Crippen LogP contribution in [0.2, 0.25) is 0 Å². The highest BCUT2D eigenvalue weighted by molar-refractivity contribution is 5.80. The molecule has 25 heavy (non-hydrogen) atoms. The Morgan fingerprint density at radius 2 is 2.28 bits per heavy atom. The summed E-state index contributed by atoms with van der Waals surface area (Å²) in [4.78, 5) is 11.6. The molecule has 0 radical (unpaired) electrons. The molecule has 3 heterocycles. The number of hydrogen-bond acceptors (Lipinski definition) is 5. The molecule has 1 spiro atoms. The van der Waals surface area contributed by atoms with Crippen LogP contribution in [0.3, 0.4) is 0 Å². The van der Waals surface area contributed by atoms with Gasteiger partial charge in [-0.15, -0.1) is 0 Å². The molecule has 3 rings (SSSR count). The fraction of sp³-hybridized carbons (Fsp3) is 0.833. The van der Waals surface area contributed by atoms with Gasteiger partial charge in [0, 0.05) is 50.5 Å². The zero-order valence-electron chi connectivity index (χ0n) is 15.8. The van der Waals surface area contributed by atoms with E-state index in [1.54, 1.807) is 0 Å². The van der Waals surface area contributed by atoms with E-state index in [1.807, 2.05) is 0 Å². The molecular weight excluding hydrogens is 318 g/mol. The second-order valence-corrected chi connectivity index (χ2v) is 7.51. The summed E-state index contributed by atoms with van der Waals surface area (Å²) in [5.74, 6) is 2.83. The molecule has 140 valence electrons. The Labute approximate surface area is 150 Å². The fourth-order valence-corrected chi connectivity index (χ4v) is 3.53. The highest BCUT2D eigenvalue weighted by Gasteiger charge is 2.42. The van der Waals surface area contributed by atoms with Crippen molar-refractivity contribution in [2.45, 2.75) is 52.4 Å². The van der Waals surface area contributed by atoms with Gasteiger partial charge in [-0.25, -0.2) is 0 Å². The third-order valence-electron chi connectivity index (χ3n) is 5.07. The first-order chi connectivity index (χ1) is 12.1. The van der Waals surface area contributed by atoms with Crippen molar-refractivity contribution in [3.05, 3.63) is 11.7 Å². The molecule has 2 fully saturated rings. The van der Waals surface area contributed by atoms with Gasteiger partial charge in [0.15, 0.2) is 11.8 Å². The van der Waals surface area contributed by atoms with E-state index in [9.17, 15) is 0 Å². The second-order valence-electron chi connectivity index (χ2n) is 7.51. The average Bonchev–Trinajstić information content (AvgIpc) is 3.33. The molecule has 7 heteroatoms. The van der Waals surface area contributed by atoms with Crippen molar-refractivity contribution in [1.82, 2.24) is 20.4 Å². The van der Waals surface area contributed by atoms with Crippen LogP contribution in [0.25, 0.3) is 0 Å². The molecule has 2 aliphatic heterocycles. The maximum atomic E-state index is 5.63. The Bertz CT molecular complexity index is 578. The van der Waals surface area contributed by atoms with Crippen LogP contribution in [0.15, 0.2) is 9.52 Å². The summed E-state index contributed by atoms with van der Waals surface area (Å²) in [6.45, 7) is 11.8. The molecule has 1 N–H and O–H groups in total. The predicted molar refractivity (Wildman–Crippen MR) is 96.7 cm³/mol. The number of likely N-dealkylation sites (tertiary alicyclic amines) is 1. The Kier molecular flexibility index (Phi) is 5.93. The zero-order chi connectivity index (χ0) is 17.7. The van der Waals surface area contributed by atoms with Crippen LogP contribution in [0.1, 0.15) is 57.7 Å². The lowest BCUT2D eigenvalue weighted by atomic mass is 9.87. The average molecular weight is 349 g/mol. The molecule has 2 aliphatic rings. The number of aromatic nitrogens is 2. The summed E-state index contributed by atoms with van der Waals surface area (Å²) in [7, 11) is 0. The normalized spacial score (nSPS) is 24.0. The largest absolute Gasteiger partial charge is 0.381 e. The van der Waals surface area contributed by atoms with E-state index in [-0.39, 0.29) is 0 Å². The molecule has 7 nitrogen and oxygen atoms in total. The molecule has 0 amide bonds. The Morgan fingerprint density at radius 3 is 2.96 bits per heavy atom. The minimum Gasteiger partial charge on any atom is -0.381 e. The second kappa shape index (κ2) is 8.17. The Balaban J connectivity index is 1.50.